The van der Waals surface area contributed by atoms with Crippen LogP contribution in [0.5, 0.6) is 0 Å². The molecule has 0 aromatic heterocycles. The van der Waals surface area contributed by atoms with Crippen molar-refractivity contribution in [1.82, 2.24) is 4.90 Å². The van der Waals surface area contributed by atoms with Crippen LogP contribution in [0, 0.1) is 0 Å². The summed E-state index contributed by atoms with van der Waals surface area (Å²) < 4.78 is 0. The Morgan fingerprint density at radius 1 is 1.33 bits per heavy atom. The van der Waals surface area contributed by atoms with Gasteiger partial charge in [0.15, 0.2) is 0 Å². The van der Waals surface area contributed by atoms with Gasteiger partial charge in [0, 0.05) is 18.6 Å². The molecule has 3 nitrogen and oxygen atoms in total. The first kappa shape index (κ1) is 13.5. The van der Waals surface area contributed by atoms with Crippen LogP contribution in [0.15, 0.2) is 24.3 Å². The Hall–Kier alpha value is -0.900. The van der Waals surface area contributed by atoms with Gasteiger partial charge in [-0.15, -0.1) is 0 Å². The molecule has 1 aliphatic carbocycles. The maximum Gasteiger partial charge on any atom is 0.0718 e. The van der Waals surface area contributed by atoms with Crippen molar-refractivity contribution in [3.63, 3.8) is 0 Å². The van der Waals surface area contributed by atoms with Crippen molar-refractivity contribution < 1.29 is 5.11 Å². The molecule has 0 spiro atoms. The van der Waals surface area contributed by atoms with Crippen LogP contribution < -0.4 is 5.73 Å². The molecule has 0 fully saturated rings. The third-order valence-corrected chi connectivity index (χ3v) is 3.67. The molecule has 0 radical (unpaired) electrons. The van der Waals surface area contributed by atoms with Gasteiger partial charge in [-0.25, -0.2) is 0 Å². The minimum Gasteiger partial charge on any atom is -0.389 e. The van der Waals surface area contributed by atoms with Crippen molar-refractivity contribution in [2.45, 2.75) is 44.9 Å². The van der Waals surface area contributed by atoms with E-state index in [-0.39, 0.29) is 6.04 Å². The van der Waals surface area contributed by atoms with Crippen molar-refractivity contribution >= 4 is 0 Å². The van der Waals surface area contributed by atoms with Gasteiger partial charge in [-0.1, -0.05) is 31.2 Å². The first-order chi connectivity index (χ1) is 8.42. The van der Waals surface area contributed by atoms with Crippen LogP contribution in [0.25, 0.3) is 0 Å². The van der Waals surface area contributed by atoms with Crippen molar-refractivity contribution in [3.05, 3.63) is 35.4 Å². The molecular weight excluding hydrogens is 224 g/mol. The Bertz CT molecular complexity index is 411. The SMILES string of the molecule is CCN(CC(C)(C)O)C1CC(N)c2ccccc21. The number of rotatable bonds is 4. The van der Waals surface area contributed by atoms with Crippen LogP contribution in [0.4, 0.5) is 0 Å². The number of aliphatic hydroxyl groups is 1. The molecule has 2 atom stereocenters. The average molecular weight is 248 g/mol. The molecule has 1 aromatic carbocycles. The molecule has 2 unspecified atom stereocenters. The fraction of sp³-hybridized carbons (Fsp3) is 0.600. The summed E-state index contributed by atoms with van der Waals surface area (Å²) in [6.45, 7) is 7.45. The maximum absolute atomic E-state index is 10.0. The molecule has 1 aliphatic rings. The second-order valence-electron chi connectivity index (χ2n) is 5.86. The number of hydrogen-bond donors (Lipinski definition) is 2. The lowest BCUT2D eigenvalue weighted by Gasteiger charge is -2.33. The van der Waals surface area contributed by atoms with Crippen LogP contribution in [-0.2, 0) is 0 Å². The quantitative estimate of drug-likeness (QED) is 0.859. The second kappa shape index (κ2) is 5.00. The first-order valence-electron chi connectivity index (χ1n) is 6.73. The number of likely N-dealkylation sites (N-methyl/N-ethyl adjacent to an activating group) is 1. The second-order valence-corrected chi connectivity index (χ2v) is 5.86. The lowest BCUT2D eigenvalue weighted by atomic mass is 10.0. The molecule has 3 heteroatoms. The van der Waals surface area contributed by atoms with E-state index in [0.29, 0.717) is 12.6 Å². The molecule has 0 saturated carbocycles. The molecule has 18 heavy (non-hydrogen) atoms. The fourth-order valence-corrected chi connectivity index (χ4v) is 2.93. The standard InChI is InChI=1S/C15H24N2O/c1-4-17(10-15(2,3)18)14-9-13(16)11-7-5-6-8-12(11)14/h5-8,13-14,18H,4,9-10,16H2,1-3H3. The summed E-state index contributed by atoms with van der Waals surface area (Å²) in [4.78, 5) is 2.33. The highest BCUT2D eigenvalue weighted by atomic mass is 16.3. The van der Waals surface area contributed by atoms with E-state index in [1.54, 1.807) is 0 Å². The molecule has 0 saturated heterocycles. The Morgan fingerprint density at radius 3 is 2.50 bits per heavy atom. The number of fused-ring (bicyclic) bond motifs is 1. The van der Waals surface area contributed by atoms with Crippen molar-refractivity contribution in [2.75, 3.05) is 13.1 Å². The van der Waals surface area contributed by atoms with Gasteiger partial charge in [-0.2, -0.15) is 0 Å². The number of benzene rings is 1. The molecule has 100 valence electrons. The molecular formula is C15H24N2O. The molecule has 0 heterocycles. The number of hydrogen-bond acceptors (Lipinski definition) is 3. The van der Waals surface area contributed by atoms with E-state index < -0.39 is 5.60 Å². The van der Waals surface area contributed by atoms with Gasteiger partial charge in [-0.05, 0) is 37.9 Å². The van der Waals surface area contributed by atoms with Crippen molar-refractivity contribution in [1.29, 1.82) is 0 Å². The van der Waals surface area contributed by atoms with Crippen molar-refractivity contribution in [2.24, 2.45) is 5.73 Å². The zero-order valence-electron chi connectivity index (χ0n) is 11.6. The topological polar surface area (TPSA) is 49.5 Å². The van der Waals surface area contributed by atoms with Crippen LogP contribution in [0.3, 0.4) is 0 Å². The van der Waals surface area contributed by atoms with Gasteiger partial charge >= 0.3 is 0 Å². The normalized spacial score (nSPS) is 23.4. The molecule has 1 aromatic rings. The summed E-state index contributed by atoms with van der Waals surface area (Å²) >= 11 is 0. The lowest BCUT2D eigenvalue weighted by Crippen LogP contribution is -2.40. The van der Waals surface area contributed by atoms with Gasteiger partial charge in [-0.3, -0.25) is 4.90 Å². The molecule has 2 rings (SSSR count). The van der Waals surface area contributed by atoms with Gasteiger partial charge < -0.3 is 10.8 Å². The molecule has 3 N–H and O–H groups in total. The third-order valence-electron chi connectivity index (χ3n) is 3.67. The summed E-state index contributed by atoms with van der Waals surface area (Å²) in [6.07, 6.45) is 0.948. The zero-order chi connectivity index (χ0) is 13.3. The number of nitrogens with two attached hydrogens (primary N) is 1. The van der Waals surface area contributed by atoms with Crippen LogP contribution in [0.1, 0.15) is 50.4 Å². The van der Waals surface area contributed by atoms with Crippen molar-refractivity contribution in [3.8, 4) is 0 Å². The van der Waals surface area contributed by atoms with E-state index >= 15 is 0 Å². The van der Waals surface area contributed by atoms with Gasteiger partial charge in [0.05, 0.1) is 5.60 Å². The van der Waals surface area contributed by atoms with Crippen LogP contribution >= 0.6 is 0 Å². The Balaban J connectivity index is 2.24. The van der Waals surface area contributed by atoms with Gasteiger partial charge in [0.25, 0.3) is 0 Å². The number of nitrogens with zero attached hydrogens (tertiary/aromatic N) is 1. The van der Waals surface area contributed by atoms with E-state index in [4.69, 9.17) is 5.73 Å². The van der Waals surface area contributed by atoms with Gasteiger partial charge in [0.2, 0.25) is 0 Å². The highest BCUT2D eigenvalue weighted by molar-refractivity contribution is 5.37. The van der Waals surface area contributed by atoms with E-state index in [0.717, 1.165) is 13.0 Å². The van der Waals surface area contributed by atoms with Crippen LogP contribution in [-0.4, -0.2) is 28.7 Å². The summed E-state index contributed by atoms with van der Waals surface area (Å²) in [6, 6.07) is 8.88. The summed E-state index contributed by atoms with van der Waals surface area (Å²) in [5.74, 6) is 0. The minimum atomic E-state index is -0.669. The summed E-state index contributed by atoms with van der Waals surface area (Å²) in [7, 11) is 0. The molecule has 0 bridgehead atoms. The van der Waals surface area contributed by atoms with E-state index in [2.05, 4.69) is 30.0 Å². The van der Waals surface area contributed by atoms with E-state index in [9.17, 15) is 5.11 Å². The minimum absolute atomic E-state index is 0.127. The highest BCUT2D eigenvalue weighted by Crippen LogP contribution is 2.41. The van der Waals surface area contributed by atoms with E-state index in [1.807, 2.05) is 19.9 Å². The Morgan fingerprint density at radius 2 is 1.94 bits per heavy atom. The predicted octanol–water partition coefficient (Wildman–Crippen LogP) is 2.22. The van der Waals surface area contributed by atoms with E-state index in [1.165, 1.54) is 11.1 Å². The zero-order valence-corrected chi connectivity index (χ0v) is 11.6. The first-order valence-corrected chi connectivity index (χ1v) is 6.73. The lowest BCUT2D eigenvalue weighted by molar-refractivity contribution is 0.0216. The monoisotopic (exact) mass is 248 g/mol. The third kappa shape index (κ3) is 2.74. The smallest absolute Gasteiger partial charge is 0.0718 e. The maximum atomic E-state index is 10.0. The summed E-state index contributed by atoms with van der Waals surface area (Å²) in [5.41, 5.74) is 8.13. The summed E-state index contributed by atoms with van der Waals surface area (Å²) in [5, 5.41) is 10.0. The average Bonchev–Trinajstić information content (AvgIpc) is 2.63. The van der Waals surface area contributed by atoms with Crippen LogP contribution in [0.2, 0.25) is 0 Å². The largest absolute Gasteiger partial charge is 0.389 e. The fourth-order valence-electron chi connectivity index (χ4n) is 2.93. The molecule has 0 amide bonds. The van der Waals surface area contributed by atoms with Gasteiger partial charge in [0.1, 0.15) is 0 Å². The predicted molar refractivity (Wildman–Crippen MR) is 74.3 cm³/mol. The molecule has 0 aliphatic heterocycles. The Labute approximate surface area is 110 Å². The Kier molecular flexibility index (Phi) is 3.76. The highest BCUT2D eigenvalue weighted by Gasteiger charge is 2.33.